The van der Waals surface area contributed by atoms with Crippen LogP contribution in [0.5, 0.6) is 0 Å². The number of imidazole rings is 1. The van der Waals surface area contributed by atoms with E-state index in [-0.39, 0.29) is 17.0 Å². The lowest BCUT2D eigenvalue weighted by Gasteiger charge is -2.19. The molecule has 39 heavy (non-hydrogen) atoms. The zero-order valence-electron chi connectivity index (χ0n) is 19.7. The smallest absolute Gasteiger partial charge is 0.481 e. The Kier molecular flexibility index (Phi) is 8.27. The molecule has 20 nitrogen and oxygen atoms in total. The third-order valence-electron chi connectivity index (χ3n) is 5.34. The van der Waals surface area contributed by atoms with E-state index in [9.17, 15) is 44.1 Å². The van der Waals surface area contributed by atoms with Crippen LogP contribution in [0, 0.1) is 0 Å². The topological polar surface area (TPSA) is 298 Å². The van der Waals surface area contributed by atoms with Gasteiger partial charge >= 0.3 is 21.6 Å². The number of anilines is 1. The van der Waals surface area contributed by atoms with E-state index in [0.29, 0.717) is 0 Å². The Morgan fingerprint density at radius 1 is 1.13 bits per heavy atom. The van der Waals surface area contributed by atoms with E-state index >= 15 is 0 Å². The van der Waals surface area contributed by atoms with Crippen molar-refractivity contribution >= 4 is 38.6 Å². The van der Waals surface area contributed by atoms with Crippen molar-refractivity contribution in [3.05, 3.63) is 24.2 Å². The Hall–Kier alpha value is -2.74. The second kappa shape index (κ2) is 11.0. The molecule has 0 amide bonds. The minimum Gasteiger partial charge on any atom is -0.505 e. The van der Waals surface area contributed by atoms with E-state index in [1.165, 1.54) is 10.9 Å². The standard InChI is InChI=1S/C17H23N5O15P2/c1-6(23)34-13-11(25)8(36-17(13)27)3-33-39(30,31)37-38(28,29)32-2-7-10(24)12(26)16(35-7)22-5-21-9-14(18)19-4-20-15(9)22/h4-5,7,10,12-13,16-17,24-27H,2-3H2,1H3,(H,28,29)(H,30,31)(H2,18,19,20)/t7-,10-,12-,13-,16-,17+/m1/s1. The number of nitrogen functional groups attached to an aromatic ring is 1. The number of aliphatic hydroxyl groups is 4. The van der Waals surface area contributed by atoms with Gasteiger partial charge in [0.1, 0.15) is 36.8 Å². The minimum atomic E-state index is -5.38. The average molecular weight is 599 g/mol. The summed E-state index contributed by atoms with van der Waals surface area (Å²) in [6.07, 6.45) is -7.08. The van der Waals surface area contributed by atoms with Crippen LogP contribution in [0.15, 0.2) is 24.2 Å². The minimum absolute atomic E-state index is 0.0482. The Bertz CT molecular complexity index is 1370. The molecule has 4 heterocycles. The van der Waals surface area contributed by atoms with Crippen molar-refractivity contribution in [1.29, 1.82) is 0 Å². The number of carbonyl (C=O) groups excluding carboxylic acids is 1. The number of aliphatic hydroxyl groups excluding tert-OH is 4. The molecule has 8 atom stereocenters. The van der Waals surface area contributed by atoms with Gasteiger partial charge in [0.25, 0.3) is 0 Å². The van der Waals surface area contributed by atoms with Crippen LogP contribution in [0.2, 0.25) is 0 Å². The van der Waals surface area contributed by atoms with Gasteiger partial charge in [0.2, 0.25) is 12.4 Å². The molecule has 2 unspecified atom stereocenters. The SMILES string of the molecule is CC(=O)O[C@@H]1C(O)=C(COP(=O)(O)OP(=O)(O)OC[C@H]2O[C@@H](n3cnc4c(N)ncnc43)[C@H](O)[C@@H]2O)O[C@@H]1O. The number of nitrogens with two attached hydrogens (primary N) is 1. The number of esters is 1. The van der Waals surface area contributed by atoms with E-state index in [1.54, 1.807) is 0 Å². The van der Waals surface area contributed by atoms with Crippen LogP contribution in [0.3, 0.4) is 0 Å². The summed E-state index contributed by atoms with van der Waals surface area (Å²) in [6, 6.07) is 0. The zero-order chi connectivity index (χ0) is 28.7. The molecule has 0 aromatic carbocycles. The van der Waals surface area contributed by atoms with Crippen LogP contribution in [0.1, 0.15) is 13.2 Å². The van der Waals surface area contributed by atoms with Gasteiger partial charge in [-0.15, -0.1) is 0 Å². The first-order valence-electron chi connectivity index (χ1n) is 10.7. The van der Waals surface area contributed by atoms with Gasteiger partial charge in [0.15, 0.2) is 29.2 Å². The molecule has 1 saturated heterocycles. The predicted octanol–water partition coefficient (Wildman–Crippen LogP) is -1.67. The van der Waals surface area contributed by atoms with E-state index in [2.05, 4.69) is 33.0 Å². The summed E-state index contributed by atoms with van der Waals surface area (Å²) in [5.41, 5.74) is 6.07. The zero-order valence-corrected chi connectivity index (χ0v) is 21.4. The maximum absolute atomic E-state index is 12.2. The van der Waals surface area contributed by atoms with E-state index in [1.807, 2.05) is 0 Å². The van der Waals surface area contributed by atoms with Crippen molar-refractivity contribution in [2.24, 2.45) is 0 Å². The molecule has 0 bridgehead atoms. The number of carbonyl (C=O) groups is 1. The monoisotopic (exact) mass is 599 g/mol. The fourth-order valence-corrected chi connectivity index (χ4v) is 5.64. The van der Waals surface area contributed by atoms with Crippen LogP contribution < -0.4 is 5.73 Å². The summed E-state index contributed by atoms with van der Waals surface area (Å²) in [5.74, 6) is -2.28. The van der Waals surface area contributed by atoms with Crippen molar-refractivity contribution in [2.45, 2.75) is 43.9 Å². The highest BCUT2D eigenvalue weighted by molar-refractivity contribution is 7.61. The molecule has 216 valence electrons. The van der Waals surface area contributed by atoms with Crippen LogP contribution in [-0.2, 0) is 41.5 Å². The number of hydrogen-bond donors (Lipinski definition) is 7. The normalized spacial score (nSPS) is 30.2. The first-order valence-corrected chi connectivity index (χ1v) is 13.7. The Morgan fingerprint density at radius 2 is 1.82 bits per heavy atom. The summed E-state index contributed by atoms with van der Waals surface area (Å²) in [7, 11) is -10.7. The molecule has 2 aliphatic rings. The number of aromatic nitrogens is 4. The van der Waals surface area contributed by atoms with Crippen molar-refractivity contribution in [3.63, 3.8) is 0 Å². The second-order valence-electron chi connectivity index (χ2n) is 8.06. The van der Waals surface area contributed by atoms with Gasteiger partial charge in [-0.25, -0.2) is 24.1 Å². The van der Waals surface area contributed by atoms with Crippen LogP contribution in [-0.4, -0.2) is 99.6 Å². The van der Waals surface area contributed by atoms with Gasteiger partial charge < -0.3 is 50.2 Å². The number of hydrogen-bond acceptors (Lipinski definition) is 17. The quantitative estimate of drug-likeness (QED) is 0.119. The lowest BCUT2D eigenvalue weighted by atomic mass is 10.1. The van der Waals surface area contributed by atoms with Crippen molar-refractivity contribution in [1.82, 2.24) is 19.5 Å². The lowest BCUT2D eigenvalue weighted by Crippen LogP contribution is -2.33. The van der Waals surface area contributed by atoms with E-state index < -0.39 is 83.3 Å². The molecule has 0 spiro atoms. The summed E-state index contributed by atoms with van der Waals surface area (Å²) >= 11 is 0. The molecule has 2 aliphatic heterocycles. The lowest BCUT2D eigenvalue weighted by molar-refractivity contribution is -0.165. The van der Waals surface area contributed by atoms with Crippen molar-refractivity contribution in [3.8, 4) is 0 Å². The van der Waals surface area contributed by atoms with Gasteiger partial charge in [-0.1, -0.05) is 0 Å². The van der Waals surface area contributed by atoms with E-state index in [0.717, 1.165) is 13.3 Å². The Morgan fingerprint density at radius 3 is 2.51 bits per heavy atom. The molecule has 4 rings (SSSR count). The molecular formula is C17H23N5O15P2. The maximum Gasteiger partial charge on any atom is 0.481 e. The summed E-state index contributed by atoms with van der Waals surface area (Å²) in [5, 5.41) is 40.3. The Labute approximate surface area is 217 Å². The number of ether oxygens (including phenoxy) is 3. The highest BCUT2D eigenvalue weighted by Crippen LogP contribution is 2.60. The van der Waals surface area contributed by atoms with Crippen LogP contribution in [0.25, 0.3) is 11.2 Å². The second-order valence-corrected chi connectivity index (χ2v) is 11.1. The third-order valence-corrected chi connectivity index (χ3v) is 7.92. The third kappa shape index (κ3) is 6.37. The van der Waals surface area contributed by atoms with E-state index in [4.69, 9.17) is 15.2 Å². The summed E-state index contributed by atoms with van der Waals surface area (Å²) in [4.78, 5) is 42.5. The molecule has 1 fully saturated rings. The van der Waals surface area contributed by atoms with Gasteiger partial charge in [-0.2, -0.15) is 4.31 Å². The first kappa shape index (κ1) is 29.2. The van der Waals surface area contributed by atoms with Gasteiger partial charge in [-0.3, -0.25) is 18.4 Å². The number of phosphoric acid groups is 2. The molecular weight excluding hydrogens is 576 g/mol. The van der Waals surface area contributed by atoms with Crippen molar-refractivity contribution in [2.75, 3.05) is 18.9 Å². The van der Waals surface area contributed by atoms with Crippen LogP contribution >= 0.6 is 15.6 Å². The summed E-state index contributed by atoms with van der Waals surface area (Å²) in [6.45, 7) is -0.971. The highest BCUT2D eigenvalue weighted by atomic mass is 31.3. The van der Waals surface area contributed by atoms with Gasteiger partial charge in [0, 0.05) is 6.92 Å². The number of fused-ring (bicyclic) bond motifs is 1. The fourth-order valence-electron chi connectivity index (χ4n) is 3.60. The molecule has 22 heteroatoms. The Balaban J connectivity index is 1.34. The molecule has 0 radical (unpaired) electrons. The number of nitrogens with zero attached hydrogens (tertiary/aromatic N) is 4. The van der Waals surface area contributed by atoms with Crippen LogP contribution in [0.4, 0.5) is 5.82 Å². The molecule has 2 aromatic rings. The largest absolute Gasteiger partial charge is 0.505 e. The van der Waals surface area contributed by atoms with Crippen molar-refractivity contribution < 1.29 is 71.7 Å². The summed E-state index contributed by atoms with van der Waals surface area (Å²) < 4.78 is 53.8. The highest BCUT2D eigenvalue weighted by Gasteiger charge is 2.46. The molecule has 8 N–H and O–H groups in total. The number of rotatable bonds is 10. The number of phosphoric ester groups is 2. The fraction of sp³-hybridized carbons (Fsp3) is 0.529. The average Bonchev–Trinajstić information content (AvgIpc) is 3.47. The molecule has 2 aromatic heterocycles. The maximum atomic E-state index is 12.2. The van der Waals surface area contributed by atoms with Gasteiger partial charge in [0.05, 0.1) is 12.9 Å². The first-order chi connectivity index (χ1) is 18.2. The molecule has 0 saturated carbocycles. The van der Waals surface area contributed by atoms with Gasteiger partial charge in [-0.05, 0) is 0 Å². The predicted molar refractivity (Wildman–Crippen MR) is 121 cm³/mol. The molecule has 0 aliphatic carbocycles.